The Morgan fingerprint density at radius 1 is 1.16 bits per heavy atom. The van der Waals surface area contributed by atoms with Gasteiger partial charge in [0, 0.05) is 22.9 Å². The molecule has 25 heavy (non-hydrogen) atoms. The monoisotopic (exact) mass is 331 g/mol. The van der Waals surface area contributed by atoms with Gasteiger partial charge in [0.1, 0.15) is 5.69 Å². The van der Waals surface area contributed by atoms with Crippen molar-refractivity contribution in [1.29, 1.82) is 0 Å². The number of H-pyrrole nitrogens is 2. The van der Waals surface area contributed by atoms with Crippen molar-refractivity contribution in [3.05, 3.63) is 63.6 Å². The number of fused-ring (bicyclic) bond motifs is 2. The van der Waals surface area contributed by atoms with Crippen LogP contribution < -0.4 is 5.56 Å². The molecule has 6 heteroatoms. The Morgan fingerprint density at radius 3 is 2.84 bits per heavy atom. The molecule has 2 N–H and O–H groups in total. The van der Waals surface area contributed by atoms with Gasteiger partial charge in [-0.3, -0.25) is 15.0 Å². The first kappa shape index (κ1) is 14.2. The maximum atomic E-state index is 12.6. The molecule has 0 spiro atoms. The highest BCUT2D eigenvalue weighted by molar-refractivity contribution is 5.72. The lowest BCUT2D eigenvalue weighted by Crippen LogP contribution is -2.14. The lowest BCUT2D eigenvalue weighted by molar-refractivity contribution is 0.863. The molecule has 0 bridgehead atoms. The van der Waals surface area contributed by atoms with Gasteiger partial charge in [-0.25, -0.2) is 9.50 Å². The highest BCUT2D eigenvalue weighted by Crippen LogP contribution is 2.30. The summed E-state index contributed by atoms with van der Waals surface area (Å²) in [5.41, 5.74) is 7.26. The minimum absolute atomic E-state index is 0.125. The maximum Gasteiger partial charge on any atom is 0.273 e. The van der Waals surface area contributed by atoms with Crippen LogP contribution in [0.3, 0.4) is 0 Å². The number of aryl methyl sites for hydroxylation is 2. The summed E-state index contributed by atoms with van der Waals surface area (Å²) in [5, 5.41) is 10.7. The van der Waals surface area contributed by atoms with Gasteiger partial charge in [0.15, 0.2) is 5.65 Å². The van der Waals surface area contributed by atoms with E-state index in [1.54, 1.807) is 6.07 Å². The van der Waals surface area contributed by atoms with E-state index in [4.69, 9.17) is 4.98 Å². The van der Waals surface area contributed by atoms with E-state index in [2.05, 4.69) is 15.3 Å². The smallest absolute Gasteiger partial charge is 0.273 e. The van der Waals surface area contributed by atoms with Crippen LogP contribution in [0.5, 0.6) is 0 Å². The molecule has 1 aliphatic carbocycles. The second-order valence-electron chi connectivity index (χ2n) is 6.50. The Labute approximate surface area is 143 Å². The van der Waals surface area contributed by atoms with Crippen molar-refractivity contribution in [1.82, 2.24) is 24.8 Å². The van der Waals surface area contributed by atoms with Crippen molar-refractivity contribution in [2.75, 3.05) is 0 Å². The van der Waals surface area contributed by atoms with Crippen LogP contribution in [0.1, 0.15) is 23.2 Å². The average Bonchev–Trinajstić information content (AvgIpc) is 3.31. The molecule has 0 saturated carbocycles. The average molecular weight is 331 g/mol. The molecule has 6 nitrogen and oxygen atoms in total. The largest absolute Gasteiger partial charge is 0.289 e. The van der Waals surface area contributed by atoms with Gasteiger partial charge in [-0.05, 0) is 31.7 Å². The number of benzene rings is 1. The van der Waals surface area contributed by atoms with Crippen LogP contribution in [0.2, 0.25) is 0 Å². The predicted molar refractivity (Wildman–Crippen MR) is 95.6 cm³/mol. The van der Waals surface area contributed by atoms with Crippen molar-refractivity contribution in [2.45, 2.75) is 26.2 Å². The molecule has 0 fully saturated rings. The molecule has 1 aliphatic rings. The van der Waals surface area contributed by atoms with Crippen molar-refractivity contribution in [2.24, 2.45) is 0 Å². The number of aromatic nitrogens is 5. The first-order chi connectivity index (χ1) is 12.2. The number of rotatable bonds is 2. The van der Waals surface area contributed by atoms with E-state index < -0.39 is 0 Å². The Balaban J connectivity index is 1.74. The van der Waals surface area contributed by atoms with E-state index >= 15 is 0 Å². The Morgan fingerprint density at radius 2 is 2.00 bits per heavy atom. The minimum atomic E-state index is -0.125. The summed E-state index contributed by atoms with van der Waals surface area (Å²) in [6, 6.07) is 11.5. The van der Waals surface area contributed by atoms with E-state index in [-0.39, 0.29) is 5.56 Å². The molecule has 1 aromatic carbocycles. The van der Waals surface area contributed by atoms with Crippen molar-refractivity contribution < 1.29 is 0 Å². The highest BCUT2D eigenvalue weighted by atomic mass is 16.1. The maximum absolute atomic E-state index is 12.6. The zero-order valence-corrected chi connectivity index (χ0v) is 13.8. The fourth-order valence-electron chi connectivity index (χ4n) is 3.69. The molecular formula is C19H17N5O. The Kier molecular flexibility index (Phi) is 2.94. The zero-order valence-electron chi connectivity index (χ0n) is 13.8. The van der Waals surface area contributed by atoms with Crippen molar-refractivity contribution in [3.8, 4) is 22.6 Å². The van der Waals surface area contributed by atoms with Gasteiger partial charge in [-0.2, -0.15) is 5.10 Å². The standard InChI is InChI=1S/C19H17N5O/c1-11-17(12-6-3-2-4-7-12)23-24-16(25)10-15(20-19(11)24)18-13-8-5-9-14(13)21-22-18/h2-4,6-7,10,23H,5,8-9H2,1H3,(H,21,22). The first-order valence-electron chi connectivity index (χ1n) is 8.46. The highest BCUT2D eigenvalue weighted by Gasteiger charge is 2.22. The second-order valence-corrected chi connectivity index (χ2v) is 6.50. The van der Waals surface area contributed by atoms with E-state index in [0.29, 0.717) is 11.3 Å². The van der Waals surface area contributed by atoms with Gasteiger partial charge in [0.2, 0.25) is 0 Å². The van der Waals surface area contributed by atoms with Crippen LogP contribution in [-0.4, -0.2) is 24.8 Å². The number of hydrogen-bond acceptors (Lipinski definition) is 3. The Hall–Kier alpha value is -3.15. The van der Waals surface area contributed by atoms with Gasteiger partial charge in [0.25, 0.3) is 5.56 Å². The number of nitrogens with zero attached hydrogens (tertiary/aromatic N) is 3. The molecule has 3 aromatic heterocycles. The van der Waals surface area contributed by atoms with Gasteiger partial charge in [-0.15, -0.1) is 0 Å². The Bertz CT molecular complexity index is 1150. The summed E-state index contributed by atoms with van der Waals surface area (Å²) in [6.07, 6.45) is 3.13. The van der Waals surface area contributed by atoms with Crippen molar-refractivity contribution in [3.63, 3.8) is 0 Å². The van der Waals surface area contributed by atoms with Gasteiger partial charge < -0.3 is 0 Å². The molecule has 0 aliphatic heterocycles. The van der Waals surface area contributed by atoms with Crippen molar-refractivity contribution >= 4 is 5.65 Å². The quantitative estimate of drug-likeness (QED) is 0.593. The molecule has 0 amide bonds. The number of nitrogens with one attached hydrogen (secondary N) is 2. The summed E-state index contributed by atoms with van der Waals surface area (Å²) in [7, 11) is 0. The molecular weight excluding hydrogens is 314 g/mol. The van der Waals surface area contributed by atoms with Crippen LogP contribution in [0.4, 0.5) is 0 Å². The van der Waals surface area contributed by atoms with E-state index in [0.717, 1.165) is 41.8 Å². The van der Waals surface area contributed by atoms with E-state index in [1.165, 1.54) is 15.8 Å². The van der Waals surface area contributed by atoms with Crippen LogP contribution >= 0.6 is 0 Å². The predicted octanol–water partition coefficient (Wildman–Crippen LogP) is 2.88. The fourth-order valence-corrected chi connectivity index (χ4v) is 3.69. The molecule has 0 atom stereocenters. The van der Waals surface area contributed by atoms with Crippen LogP contribution in [-0.2, 0) is 12.8 Å². The molecule has 5 rings (SSSR count). The molecule has 3 heterocycles. The summed E-state index contributed by atoms with van der Waals surface area (Å²) in [6.45, 7) is 1.99. The van der Waals surface area contributed by atoms with Crippen LogP contribution in [0.25, 0.3) is 28.3 Å². The van der Waals surface area contributed by atoms with E-state index in [1.807, 2.05) is 37.3 Å². The summed E-state index contributed by atoms with van der Waals surface area (Å²) in [4.78, 5) is 17.4. The van der Waals surface area contributed by atoms with Crippen LogP contribution in [0, 0.1) is 6.92 Å². The number of hydrogen-bond donors (Lipinski definition) is 2. The lowest BCUT2D eigenvalue weighted by atomic mass is 10.1. The summed E-state index contributed by atoms with van der Waals surface area (Å²) < 4.78 is 1.51. The first-order valence-corrected chi connectivity index (χ1v) is 8.46. The molecule has 4 aromatic rings. The van der Waals surface area contributed by atoms with Gasteiger partial charge >= 0.3 is 0 Å². The van der Waals surface area contributed by atoms with E-state index in [9.17, 15) is 4.79 Å². The topological polar surface area (TPSA) is 78.8 Å². The third-order valence-electron chi connectivity index (χ3n) is 4.96. The summed E-state index contributed by atoms with van der Waals surface area (Å²) >= 11 is 0. The lowest BCUT2D eigenvalue weighted by Gasteiger charge is -2.00. The second kappa shape index (κ2) is 5.17. The molecule has 0 radical (unpaired) electrons. The summed E-state index contributed by atoms with van der Waals surface area (Å²) in [5.74, 6) is 0. The third-order valence-corrected chi connectivity index (χ3v) is 4.96. The molecule has 0 saturated heterocycles. The minimum Gasteiger partial charge on any atom is -0.289 e. The third kappa shape index (κ3) is 2.07. The SMILES string of the molecule is Cc1c(-c2ccccc2)[nH]n2c(=O)cc(-c3n[nH]c4c3CCC4)nc12. The van der Waals surface area contributed by atoms with Gasteiger partial charge in [-0.1, -0.05) is 30.3 Å². The van der Waals surface area contributed by atoms with Crippen LogP contribution in [0.15, 0.2) is 41.2 Å². The molecule has 0 unspecified atom stereocenters. The van der Waals surface area contributed by atoms with Gasteiger partial charge in [0.05, 0.1) is 11.4 Å². The molecule has 124 valence electrons. The fraction of sp³-hybridized carbons (Fsp3) is 0.211. The zero-order chi connectivity index (χ0) is 17.0. The normalized spacial score (nSPS) is 13.5. The number of aromatic amines is 2.